The second-order valence-corrected chi connectivity index (χ2v) is 7.92. The molecule has 144 valence electrons. The highest BCUT2D eigenvalue weighted by molar-refractivity contribution is 6.37. The molecule has 2 aromatic rings. The second-order valence-electron chi connectivity index (χ2n) is 6.86. The monoisotopic (exact) mass is 426 g/mol. The first kappa shape index (κ1) is 20.3. The number of ether oxygens (including phenoxy) is 3. The molecule has 1 heterocycles. The lowest BCUT2D eigenvalue weighted by Crippen LogP contribution is -2.19. The fraction of sp³-hybridized carbons (Fsp3) is 0.333. The Morgan fingerprint density at radius 3 is 2.26 bits per heavy atom. The maximum atomic E-state index is 6.41. The Morgan fingerprint density at radius 1 is 1.07 bits per heavy atom. The molecule has 0 N–H and O–H groups in total. The van der Waals surface area contributed by atoms with E-state index >= 15 is 0 Å². The molecular formula is C21H21Cl3O3. The molecule has 2 aromatic carbocycles. The molecule has 0 spiro atoms. The van der Waals surface area contributed by atoms with Crippen LogP contribution in [0.25, 0.3) is 0 Å². The summed E-state index contributed by atoms with van der Waals surface area (Å²) in [5.41, 5.74) is 3.23. The van der Waals surface area contributed by atoms with Gasteiger partial charge >= 0.3 is 0 Å². The van der Waals surface area contributed by atoms with Crippen LogP contribution in [0.15, 0.2) is 48.0 Å². The lowest BCUT2D eigenvalue weighted by molar-refractivity contribution is 0.263. The summed E-state index contributed by atoms with van der Waals surface area (Å²) in [5.74, 6) is 1.29. The molecule has 0 radical (unpaired) electrons. The van der Waals surface area contributed by atoms with E-state index in [0.717, 1.165) is 23.5 Å². The number of epoxide rings is 1. The highest BCUT2D eigenvalue weighted by Crippen LogP contribution is 2.40. The van der Waals surface area contributed by atoms with Gasteiger partial charge in [0.05, 0.1) is 16.7 Å². The Balaban J connectivity index is 1.78. The molecule has 0 saturated carbocycles. The molecule has 1 unspecified atom stereocenters. The highest BCUT2D eigenvalue weighted by Gasteiger charge is 2.26. The third kappa shape index (κ3) is 5.11. The number of halogens is 3. The van der Waals surface area contributed by atoms with Crippen LogP contribution >= 0.6 is 34.8 Å². The molecule has 6 heteroatoms. The Labute approximate surface area is 174 Å². The van der Waals surface area contributed by atoms with Crippen LogP contribution in [0.4, 0.5) is 0 Å². The molecule has 1 saturated heterocycles. The Kier molecular flexibility index (Phi) is 6.59. The number of hydrogen-bond donors (Lipinski definition) is 0. The molecule has 0 aliphatic carbocycles. The van der Waals surface area contributed by atoms with Crippen molar-refractivity contribution in [1.82, 2.24) is 0 Å². The smallest absolute Gasteiger partial charge is 0.156 e. The van der Waals surface area contributed by atoms with E-state index in [-0.39, 0.29) is 11.5 Å². The van der Waals surface area contributed by atoms with Gasteiger partial charge in [-0.05, 0) is 41.5 Å². The second kappa shape index (κ2) is 8.74. The van der Waals surface area contributed by atoms with E-state index in [2.05, 4.69) is 26.0 Å². The van der Waals surface area contributed by atoms with E-state index in [1.54, 1.807) is 6.08 Å². The molecule has 3 nitrogen and oxygen atoms in total. The van der Waals surface area contributed by atoms with Gasteiger partial charge in [-0.25, -0.2) is 0 Å². The van der Waals surface area contributed by atoms with Crippen molar-refractivity contribution in [2.75, 3.05) is 19.8 Å². The minimum absolute atomic E-state index is 0.242. The van der Waals surface area contributed by atoms with E-state index < -0.39 is 0 Å². The van der Waals surface area contributed by atoms with Gasteiger partial charge in [0.15, 0.2) is 5.75 Å². The van der Waals surface area contributed by atoms with Crippen molar-refractivity contribution in [1.29, 1.82) is 0 Å². The molecule has 1 atom stereocenters. The van der Waals surface area contributed by atoms with Crippen LogP contribution in [0.1, 0.15) is 25.0 Å². The zero-order chi connectivity index (χ0) is 19.4. The first-order chi connectivity index (χ1) is 12.9. The van der Waals surface area contributed by atoms with E-state index in [1.165, 1.54) is 5.54 Å². The zero-order valence-corrected chi connectivity index (χ0v) is 17.4. The Bertz CT molecular complexity index is 789. The molecule has 0 amide bonds. The quantitative estimate of drug-likeness (QED) is 0.468. The van der Waals surface area contributed by atoms with E-state index in [4.69, 9.17) is 49.0 Å². The normalized spacial score (nSPS) is 16.6. The predicted octanol–water partition coefficient (Wildman–Crippen LogP) is 6.23. The fourth-order valence-corrected chi connectivity index (χ4v) is 3.38. The topological polar surface area (TPSA) is 31.0 Å². The summed E-state index contributed by atoms with van der Waals surface area (Å²) < 4.78 is 16.5. The van der Waals surface area contributed by atoms with Gasteiger partial charge in [-0.3, -0.25) is 0 Å². The number of hydrogen-bond acceptors (Lipinski definition) is 3. The molecular weight excluding hydrogens is 407 g/mol. The molecule has 1 aliphatic rings. The third-order valence-electron chi connectivity index (χ3n) is 4.55. The Hall–Kier alpha value is -1.39. The minimum Gasteiger partial charge on any atom is -0.491 e. The van der Waals surface area contributed by atoms with Crippen molar-refractivity contribution < 1.29 is 14.2 Å². The molecule has 0 aromatic heterocycles. The van der Waals surface area contributed by atoms with Crippen LogP contribution in [0.2, 0.25) is 10.0 Å². The van der Waals surface area contributed by atoms with Crippen LogP contribution in [-0.4, -0.2) is 25.9 Å². The highest BCUT2D eigenvalue weighted by atomic mass is 35.5. The molecule has 1 aliphatic heterocycles. The van der Waals surface area contributed by atoms with E-state index in [1.807, 2.05) is 24.3 Å². The summed E-state index contributed by atoms with van der Waals surface area (Å²) in [5, 5.41) is 0.941. The molecule has 1 fully saturated rings. The van der Waals surface area contributed by atoms with E-state index in [9.17, 15) is 0 Å². The van der Waals surface area contributed by atoms with Gasteiger partial charge < -0.3 is 14.2 Å². The first-order valence-corrected chi connectivity index (χ1v) is 9.83. The summed E-state index contributed by atoms with van der Waals surface area (Å²) in [6, 6.07) is 11.8. The van der Waals surface area contributed by atoms with Crippen molar-refractivity contribution in [2.24, 2.45) is 0 Å². The van der Waals surface area contributed by atoms with Crippen molar-refractivity contribution in [3.05, 3.63) is 69.2 Å². The first-order valence-electron chi connectivity index (χ1n) is 8.64. The van der Waals surface area contributed by atoms with Gasteiger partial charge in [-0.15, -0.1) is 0 Å². The van der Waals surface area contributed by atoms with Gasteiger partial charge in [-0.1, -0.05) is 60.8 Å². The van der Waals surface area contributed by atoms with Gasteiger partial charge in [0.25, 0.3) is 0 Å². The minimum atomic E-state index is -0.292. The zero-order valence-electron chi connectivity index (χ0n) is 15.2. The number of rotatable bonds is 8. The summed E-state index contributed by atoms with van der Waals surface area (Å²) in [4.78, 5) is 0. The number of benzene rings is 2. The molecule has 3 rings (SSSR count). The van der Waals surface area contributed by atoms with Crippen molar-refractivity contribution >= 4 is 34.8 Å². The fourth-order valence-electron chi connectivity index (χ4n) is 2.71. The maximum Gasteiger partial charge on any atom is 0.156 e. The predicted molar refractivity (Wildman–Crippen MR) is 111 cm³/mol. The summed E-state index contributed by atoms with van der Waals surface area (Å²) >= 11 is 18.3. The van der Waals surface area contributed by atoms with Crippen LogP contribution in [0.3, 0.4) is 0 Å². The van der Waals surface area contributed by atoms with Crippen LogP contribution < -0.4 is 9.47 Å². The third-order valence-corrected chi connectivity index (χ3v) is 5.29. The van der Waals surface area contributed by atoms with Gasteiger partial charge in [0, 0.05) is 11.0 Å². The molecule has 27 heavy (non-hydrogen) atoms. The average Bonchev–Trinajstić information content (AvgIpc) is 3.47. The largest absolute Gasteiger partial charge is 0.491 e. The summed E-state index contributed by atoms with van der Waals surface area (Å²) in [7, 11) is 0. The van der Waals surface area contributed by atoms with Crippen molar-refractivity contribution in [3.8, 4) is 11.5 Å². The van der Waals surface area contributed by atoms with Gasteiger partial charge in [0.2, 0.25) is 0 Å². The van der Waals surface area contributed by atoms with Crippen LogP contribution in [0.5, 0.6) is 11.5 Å². The van der Waals surface area contributed by atoms with Gasteiger partial charge in [0.1, 0.15) is 25.1 Å². The van der Waals surface area contributed by atoms with Crippen molar-refractivity contribution in [2.45, 2.75) is 25.4 Å². The van der Waals surface area contributed by atoms with Crippen LogP contribution in [0, 0.1) is 0 Å². The lowest BCUT2D eigenvalue weighted by atomic mass is 9.78. The summed E-state index contributed by atoms with van der Waals surface area (Å²) in [6.45, 7) is 5.93. The van der Waals surface area contributed by atoms with Crippen LogP contribution in [-0.2, 0) is 10.2 Å². The van der Waals surface area contributed by atoms with E-state index in [0.29, 0.717) is 29.0 Å². The SMILES string of the molecule is CC(C)(c1ccc(OCC2CO2)cc1)c1cc(Cl)c(OC/C=C/Cl)c(Cl)c1. The van der Waals surface area contributed by atoms with Gasteiger partial charge in [-0.2, -0.15) is 0 Å². The standard InChI is InChI=1S/C21H21Cl3O3/c1-21(2,14-4-6-16(7-5-14)26-12-17-13-27-17)15-10-18(23)20(19(24)11-15)25-9-3-8-22/h3-8,10-11,17H,9,12-13H2,1-2H3/b8-3+. The lowest BCUT2D eigenvalue weighted by Gasteiger charge is -2.27. The molecule has 0 bridgehead atoms. The average molecular weight is 428 g/mol. The summed E-state index contributed by atoms with van der Waals surface area (Å²) in [6.07, 6.45) is 1.91. The Morgan fingerprint density at radius 2 is 1.70 bits per heavy atom. The maximum absolute atomic E-state index is 6.41. The van der Waals surface area contributed by atoms with Crippen molar-refractivity contribution in [3.63, 3.8) is 0 Å².